The number of aliphatic hydroxyl groups excluding tert-OH is 1. The lowest BCUT2D eigenvalue weighted by Gasteiger charge is -1.95. The molecular formula is C6H9N3O3. The lowest BCUT2D eigenvalue weighted by Crippen LogP contribution is -2.01. The quantitative estimate of drug-likeness (QED) is 0.506. The first-order valence-corrected chi connectivity index (χ1v) is 3.35. The van der Waals surface area contributed by atoms with Gasteiger partial charge in [-0.1, -0.05) is 4.98 Å². The van der Waals surface area contributed by atoms with Gasteiger partial charge in [0.15, 0.2) is 5.69 Å². The topological polar surface area (TPSA) is 81.2 Å². The van der Waals surface area contributed by atoms with Crippen molar-refractivity contribution in [2.75, 3.05) is 0 Å². The van der Waals surface area contributed by atoms with Crippen LogP contribution >= 0.6 is 0 Å². The monoisotopic (exact) mass is 171 g/mol. The van der Waals surface area contributed by atoms with Crippen molar-refractivity contribution < 1.29 is 10.0 Å². The van der Waals surface area contributed by atoms with Crippen LogP contribution in [0.15, 0.2) is 0 Å². The molecule has 0 bridgehead atoms. The number of nitro groups is 1. The molecule has 1 heterocycles. The van der Waals surface area contributed by atoms with Crippen molar-refractivity contribution >= 4 is 5.95 Å². The minimum Gasteiger partial charge on any atom is -0.390 e. The van der Waals surface area contributed by atoms with Crippen LogP contribution in [0.2, 0.25) is 0 Å². The summed E-state index contributed by atoms with van der Waals surface area (Å²) < 4.78 is 1.27. The number of aryl methyl sites for hydroxylation is 1. The second kappa shape index (κ2) is 2.90. The molecule has 1 N–H and O–H groups in total. The van der Waals surface area contributed by atoms with Gasteiger partial charge in [-0.05, 0) is 11.8 Å². The third-order valence-electron chi connectivity index (χ3n) is 1.70. The van der Waals surface area contributed by atoms with Gasteiger partial charge in [0.25, 0.3) is 0 Å². The highest BCUT2D eigenvalue weighted by Gasteiger charge is 2.20. The van der Waals surface area contributed by atoms with Crippen LogP contribution in [0.3, 0.4) is 0 Å². The van der Waals surface area contributed by atoms with Crippen LogP contribution in [0.5, 0.6) is 0 Å². The molecule has 0 radical (unpaired) electrons. The molecule has 0 aliphatic heterocycles. The number of imidazole rings is 1. The molecule has 0 aliphatic rings. The van der Waals surface area contributed by atoms with Gasteiger partial charge in [-0.15, -0.1) is 0 Å². The van der Waals surface area contributed by atoms with E-state index in [9.17, 15) is 10.1 Å². The Labute approximate surface area is 68.6 Å². The summed E-state index contributed by atoms with van der Waals surface area (Å²) in [7, 11) is 1.50. The minimum atomic E-state index is -0.577. The summed E-state index contributed by atoms with van der Waals surface area (Å²) in [4.78, 5) is 13.5. The Morgan fingerprint density at radius 3 is 2.58 bits per heavy atom. The number of hydrogen-bond donors (Lipinski definition) is 1. The zero-order chi connectivity index (χ0) is 9.30. The van der Waals surface area contributed by atoms with E-state index in [4.69, 9.17) is 5.11 Å². The first-order valence-electron chi connectivity index (χ1n) is 3.35. The molecule has 0 aliphatic carbocycles. The smallest absolute Gasteiger partial charge is 0.390 e. The molecular weight excluding hydrogens is 162 g/mol. The predicted molar refractivity (Wildman–Crippen MR) is 40.5 cm³/mol. The maximum absolute atomic E-state index is 10.3. The van der Waals surface area contributed by atoms with Gasteiger partial charge in [0.1, 0.15) is 12.3 Å². The van der Waals surface area contributed by atoms with Crippen molar-refractivity contribution in [3.8, 4) is 0 Å². The van der Waals surface area contributed by atoms with Crippen LogP contribution in [0.4, 0.5) is 5.95 Å². The van der Waals surface area contributed by atoms with E-state index in [0.717, 1.165) is 0 Å². The first-order chi connectivity index (χ1) is 5.57. The maximum atomic E-state index is 10.3. The second-order valence-electron chi connectivity index (χ2n) is 2.42. The summed E-state index contributed by atoms with van der Waals surface area (Å²) in [5.41, 5.74) is 0.966. The van der Waals surface area contributed by atoms with Crippen LogP contribution in [0.1, 0.15) is 11.4 Å². The van der Waals surface area contributed by atoms with E-state index in [1.165, 1.54) is 11.6 Å². The zero-order valence-corrected chi connectivity index (χ0v) is 6.81. The average Bonchev–Trinajstić information content (AvgIpc) is 2.27. The molecule has 0 fully saturated rings. The van der Waals surface area contributed by atoms with E-state index >= 15 is 0 Å². The molecule has 1 rings (SSSR count). The van der Waals surface area contributed by atoms with Crippen molar-refractivity contribution in [1.82, 2.24) is 9.55 Å². The molecule has 6 nitrogen and oxygen atoms in total. The van der Waals surface area contributed by atoms with Gasteiger partial charge in [-0.25, -0.2) is 4.57 Å². The third kappa shape index (κ3) is 1.16. The normalized spacial score (nSPS) is 10.2. The molecule has 0 saturated heterocycles. The molecule has 66 valence electrons. The Balaban J connectivity index is 3.26. The van der Waals surface area contributed by atoms with Gasteiger partial charge in [-0.2, -0.15) is 0 Å². The lowest BCUT2D eigenvalue weighted by molar-refractivity contribution is -0.396. The van der Waals surface area contributed by atoms with Crippen LogP contribution in [0.25, 0.3) is 0 Å². The zero-order valence-electron chi connectivity index (χ0n) is 6.81. The van der Waals surface area contributed by atoms with Crippen molar-refractivity contribution in [3.63, 3.8) is 0 Å². The summed E-state index contributed by atoms with van der Waals surface area (Å²) in [5.74, 6) is -0.239. The van der Waals surface area contributed by atoms with E-state index < -0.39 is 4.92 Å². The molecule has 0 spiro atoms. The number of nitrogens with zero attached hydrogens (tertiary/aromatic N) is 3. The van der Waals surface area contributed by atoms with Crippen LogP contribution < -0.4 is 0 Å². The van der Waals surface area contributed by atoms with E-state index in [-0.39, 0.29) is 12.6 Å². The largest absolute Gasteiger partial charge is 0.434 e. The summed E-state index contributed by atoms with van der Waals surface area (Å²) in [6.07, 6.45) is 0. The lowest BCUT2D eigenvalue weighted by atomic mass is 10.4. The van der Waals surface area contributed by atoms with Crippen molar-refractivity contribution in [1.29, 1.82) is 0 Å². The molecule has 0 unspecified atom stereocenters. The highest BCUT2D eigenvalue weighted by Crippen LogP contribution is 2.14. The van der Waals surface area contributed by atoms with Crippen LogP contribution in [-0.4, -0.2) is 19.6 Å². The highest BCUT2D eigenvalue weighted by molar-refractivity contribution is 5.21. The van der Waals surface area contributed by atoms with Gasteiger partial charge in [-0.3, -0.25) is 0 Å². The van der Waals surface area contributed by atoms with E-state index in [2.05, 4.69) is 4.98 Å². The Hall–Kier alpha value is -1.43. The fraction of sp³-hybridized carbons (Fsp3) is 0.500. The Morgan fingerprint density at radius 2 is 2.33 bits per heavy atom. The van der Waals surface area contributed by atoms with Gasteiger partial charge < -0.3 is 15.2 Å². The van der Waals surface area contributed by atoms with Crippen molar-refractivity contribution in [2.45, 2.75) is 13.5 Å². The SMILES string of the molecule is Cc1nc([N+](=O)[O-])n(C)c1CO. The molecule has 1 aromatic heterocycles. The van der Waals surface area contributed by atoms with E-state index in [0.29, 0.717) is 11.4 Å². The molecule has 0 atom stereocenters. The van der Waals surface area contributed by atoms with Gasteiger partial charge in [0.2, 0.25) is 0 Å². The summed E-state index contributed by atoms with van der Waals surface area (Å²) in [5, 5.41) is 19.2. The molecule has 1 aromatic rings. The average molecular weight is 171 g/mol. The van der Waals surface area contributed by atoms with Crippen molar-refractivity contribution in [3.05, 3.63) is 21.5 Å². The fourth-order valence-electron chi connectivity index (χ4n) is 1.04. The summed E-state index contributed by atoms with van der Waals surface area (Å²) >= 11 is 0. The van der Waals surface area contributed by atoms with Gasteiger partial charge >= 0.3 is 5.95 Å². The Bertz CT molecular complexity index is 318. The third-order valence-corrected chi connectivity index (χ3v) is 1.70. The number of rotatable bonds is 2. The van der Waals surface area contributed by atoms with Crippen molar-refractivity contribution in [2.24, 2.45) is 7.05 Å². The highest BCUT2D eigenvalue weighted by atomic mass is 16.6. The van der Waals surface area contributed by atoms with Gasteiger partial charge in [0, 0.05) is 0 Å². The number of aromatic nitrogens is 2. The van der Waals surface area contributed by atoms with E-state index in [1.54, 1.807) is 6.92 Å². The van der Waals surface area contributed by atoms with Crippen LogP contribution in [-0.2, 0) is 13.7 Å². The predicted octanol–water partition coefficient (Wildman–Crippen LogP) is 0.129. The minimum absolute atomic E-state index is 0.233. The van der Waals surface area contributed by atoms with Gasteiger partial charge in [0.05, 0.1) is 7.05 Å². The van der Waals surface area contributed by atoms with E-state index in [1.807, 2.05) is 0 Å². The summed E-state index contributed by atoms with van der Waals surface area (Å²) in [6.45, 7) is 1.39. The Kier molecular flexibility index (Phi) is 2.09. The maximum Gasteiger partial charge on any atom is 0.434 e. The van der Waals surface area contributed by atoms with Crippen LogP contribution in [0, 0.1) is 17.0 Å². The molecule has 0 aromatic carbocycles. The molecule has 0 amide bonds. The fourth-order valence-corrected chi connectivity index (χ4v) is 1.04. The molecule has 0 saturated carbocycles. The Morgan fingerprint density at radius 1 is 1.75 bits per heavy atom. The summed E-state index contributed by atoms with van der Waals surface area (Å²) in [6, 6.07) is 0. The molecule has 12 heavy (non-hydrogen) atoms. The molecule has 6 heteroatoms. The number of aliphatic hydroxyl groups is 1. The number of hydrogen-bond acceptors (Lipinski definition) is 4. The first kappa shape index (κ1) is 8.66. The standard InChI is InChI=1S/C6H9N3O3/c1-4-5(3-10)8(2)6(7-4)9(11)12/h10H,3H2,1-2H3. The second-order valence-corrected chi connectivity index (χ2v) is 2.42.